The molecule has 0 saturated carbocycles. The van der Waals surface area contributed by atoms with Crippen molar-refractivity contribution in [3.63, 3.8) is 0 Å². The number of ether oxygens (including phenoxy) is 7. The minimum absolute atomic E-state index is 0.0211. The number of carboxylic acid groups (broad SMARTS) is 1. The molecule has 4 atom stereocenters. The highest BCUT2D eigenvalue weighted by Gasteiger charge is 2.21. The summed E-state index contributed by atoms with van der Waals surface area (Å²) >= 11 is 0. The number of esters is 3. The summed E-state index contributed by atoms with van der Waals surface area (Å²) in [5.41, 5.74) is 0. The number of aliphatic hydroxyl groups is 1. The van der Waals surface area contributed by atoms with Crippen LogP contribution in [0.1, 0.15) is 455 Å². The van der Waals surface area contributed by atoms with Crippen molar-refractivity contribution in [2.45, 2.75) is 468 Å². The molecule has 0 saturated heterocycles. The Morgan fingerprint density at radius 2 is 0.479 bits per heavy atom. The summed E-state index contributed by atoms with van der Waals surface area (Å²) in [7, 11) is 0. The summed E-state index contributed by atoms with van der Waals surface area (Å²) in [4.78, 5) is 81.6. The highest BCUT2D eigenvalue weighted by Crippen LogP contribution is 2.24. The van der Waals surface area contributed by atoms with Crippen LogP contribution in [-0.4, -0.2) is 196 Å². The van der Waals surface area contributed by atoms with Gasteiger partial charge in [0.2, 0.25) is 0 Å². The number of carbonyl (C=O) groups is 6. The number of hydrogen-bond donors (Lipinski definition) is 2. The average molecular weight is 1670 g/mol. The summed E-state index contributed by atoms with van der Waals surface area (Å²) in [6.45, 7) is 38.2. The van der Waals surface area contributed by atoms with Gasteiger partial charge in [0.15, 0.2) is 0 Å². The molecule has 0 radical (unpaired) electrons. The van der Waals surface area contributed by atoms with Crippen LogP contribution < -0.4 is 0 Å². The second-order valence-corrected chi connectivity index (χ2v) is 33.6. The maximum Gasteiger partial charge on any atom is 0.508 e. The predicted molar refractivity (Wildman–Crippen MR) is 489 cm³/mol. The van der Waals surface area contributed by atoms with Crippen LogP contribution in [-0.2, 0) is 52.3 Å². The number of carbonyl (C=O) groups excluding carboxylic acids is 5. The number of likely N-dealkylation sites (N-methyl/N-ethyl adjacent to an activating group) is 2. The van der Waals surface area contributed by atoms with Crippen LogP contribution in [0.2, 0.25) is 0 Å². The number of nitrogens with zero attached hydrogens (tertiary/aromatic N) is 4. The fourth-order valence-corrected chi connectivity index (χ4v) is 14.9. The lowest BCUT2D eigenvalue weighted by Crippen LogP contribution is -2.39. The van der Waals surface area contributed by atoms with Crippen molar-refractivity contribution < 1.29 is 72.1 Å². The van der Waals surface area contributed by atoms with E-state index in [1.807, 2.05) is 0 Å². The maximum absolute atomic E-state index is 12.8. The molecule has 0 bridgehead atoms. The molecule has 0 heterocycles. The van der Waals surface area contributed by atoms with Crippen LogP contribution in [0, 0.1) is 11.8 Å². The molecule has 0 aromatic rings. The first-order valence-electron chi connectivity index (χ1n) is 49.9. The molecular formula is C98H194N4O15. The summed E-state index contributed by atoms with van der Waals surface area (Å²) in [6, 6.07) is 0. The first-order chi connectivity index (χ1) is 57.0. The zero-order chi connectivity index (χ0) is 86.8. The Bertz CT molecular complexity index is 2100. The molecule has 4 unspecified atom stereocenters. The van der Waals surface area contributed by atoms with Crippen molar-refractivity contribution >= 4 is 36.2 Å². The Labute approximate surface area is 722 Å². The summed E-state index contributed by atoms with van der Waals surface area (Å²) < 4.78 is 39.8. The highest BCUT2D eigenvalue weighted by atomic mass is 16.7. The number of hydrogen-bond acceptors (Lipinski definition) is 18. The monoisotopic (exact) mass is 1670 g/mol. The van der Waals surface area contributed by atoms with E-state index in [1.54, 1.807) is 0 Å². The molecule has 0 aliphatic rings. The summed E-state index contributed by atoms with van der Waals surface area (Å²) in [5, 5.41) is 17.6. The van der Waals surface area contributed by atoms with Gasteiger partial charge in [0.1, 0.15) is 32.0 Å². The van der Waals surface area contributed by atoms with Gasteiger partial charge in [-0.15, -0.1) is 0 Å². The van der Waals surface area contributed by atoms with E-state index in [0.29, 0.717) is 83.5 Å². The molecule has 19 nitrogen and oxygen atoms in total. The van der Waals surface area contributed by atoms with Gasteiger partial charge in [-0.05, 0) is 141 Å². The second-order valence-electron chi connectivity index (χ2n) is 33.6. The third-order valence-corrected chi connectivity index (χ3v) is 23.0. The third kappa shape index (κ3) is 86.9. The molecule has 0 fully saturated rings. The fraction of sp³-hybridized carbons (Fsp3) is 0.939. The van der Waals surface area contributed by atoms with Crippen LogP contribution in [0.3, 0.4) is 0 Å². The largest absolute Gasteiger partial charge is 0.508 e. The van der Waals surface area contributed by atoms with Gasteiger partial charge in [-0.2, -0.15) is 0 Å². The third-order valence-electron chi connectivity index (χ3n) is 23.0. The van der Waals surface area contributed by atoms with E-state index in [0.717, 1.165) is 219 Å². The smallest absolute Gasteiger partial charge is 0.481 e. The van der Waals surface area contributed by atoms with Crippen molar-refractivity contribution in [3.05, 3.63) is 0 Å². The van der Waals surface area contributed by atoms with E-state index in [4.69, 9.17) is 38.3 Å². The Morgan fingerprint density at radius 3 is 0.778 bits per heavy atom. The van der Waals surface area contributed by atoms with Crippen molar-refractivity contribution in [2.75, 3.05) is 118 Å². The van der Waals surface area contributed by atoms with Crippen molar-refractivity contribution in [1.29, 1.82) is 0 Å². The van der Waals surface area contributed by atoms with Crippen molar-refractivity contribution in [2.24, 2.45) is 11.8 Å². The topological polar surface area (TPSA) is 220 Å². The van der Waals surface area contributed by atoms with Crippen molar-refractivity contribution in [3.8, 4) is 0 Å². The molecule has 0 aliphatic carbocycles. The van der Waals surface area contributed by atoms with E-state index in [2.05, 4.69) is 103 Å². The average Bonchev–Trinajstić information content (AvgIpc) is 0.960. The maximum atomic E-state index is 12.8. The summed E-state index contributed by atoms with van der Waals surface area (Å²) in [5.74, 6) is 0.172. The van der Waals surface area contributed by atoms with Gasteiger partial charge in [-0.3, -0.25) is 29.0 Å². The number of aliphatic carboxylic acids is 1. The first kappa shape index (κ1) is 117. The van der Waals surface area contributed by atoms with Crippen LogP contribution in [0.4, 0.5) is 9.59 Å². The fourth-order valence-electron chi connectivity index (χ4n) is 14.9. The molecule has 117 heavy (non-hydrogen) atoms. The van der Waals surface area contributed by atoms with E-state index in [9.17, 15) is 33.9 Å². The molecular weight excluding hydrogens is 1470 g/mol. The Balaban J connectivity index is -0.00000204. The Hall–Kier alpha value is -3.78. The molecule has 0 aromatic carbocycles. The van der Waals surface area contributed by atoms with E-state index < -0.39 is 18.3 Å². The van der Waals surface area contributed by atoms with Gasteiger partial charge in [-0.25, -0.2) is 9.59 Å². The number of carboxylic acids is 1. The van der Waals surface area contributed by atoms with Crippen molar-refractivity contribution in [1.82, 2.24) is 19.6 Å². The Morgan fingerprint density at radius 1 is 0.248 bits per heavy atom. The molecule has 0 spiro atoms. The van der Waals surface area contributed by atoms with Gasteiger partial charge in [0.25, 0.3) is 0 Å². The van der Waals surface area contributed by atoms with E-state index in [1.165, 1.54) is 180 Å². The van der Waals surface area contributed by atoms with Gasteiger partial charge in [0, 0.05) is 78.0 Å². The lowest BCUT2D eigenvalue weighted by Gasteiger charge is -2.26. The number of unbranched alkanes of at least 4 members (excludes halogenated alkanes) is 36. The minimum atomic E-state index is -0.682. The lowest BCUT2D eigenvalue weighted by molar-refractivity contribution is -0.146. The number of rotatable bonds is 87. The van der Waals surface area contributed by atoms with Crippen LogP contribution in [0.25, 0.3) is 0 Å². The molecule has 0 aromatic heterocycles. The van der Waals surface area contributed by atoms with E-state index >= 15 is 0 Å². The first-order valence-corrected chi connectivity index (χ1v) is 49.9. The molecule has 0 aliphatic heterocycles. The SMILES string of the molecule is CCCCCC(=O)O.CCCCCCCCC(CCCCCC)COC(=O)CCCCCCCCC(CCCCCC)OC(=O)OCCN(CCO)CCN(CC)CC.CCCCCCCCC(CCCCCC)COC(=O)CCCCCCCCC(CCCCCC)OC(=O)OCCN(CCOC(=O)CCCCC)CCN(CC)CC. The van der Waals surface area contributed by atoms with E-state index in [-0.39, 0.29) is 49.9 Å². The molecule has 0 rings (SSSR count). The zero-order valence-electron chi connectivity index (χ0n) is 79.0. The van der Waals surface area contributed by atoms with Gasteiger partial charge < -0.3 is 53.2 Å². The Kier molecular flexibility index (Phi) is 94.8. The zero-order valence-corrected chi connectivity index (χ0v) is 79.0. The number of aliphatic hydroxyl groups excluding tert-OH is 1. The minimum Gasteiger partial charge on any atom is -0.481 e. The van der Waals surface area contributed by atoms with Crippen LogP contribution in [0.15, 0.2) is 0 Å². The summed E-state index contributed by atoms with van der Waals surface area (Å²) in [6.07, 6.45) is 62.4. The quantitative estimate of drug-likeness (QED) is 0.0328. The predicted octanol–water partition coefficient (Wildman–Crippen LogP) is 26.0. The highest BCUT2D eigenvalue weighted by molar-refractivity contribution is 5.70. The van der Waals surface area contributed by atoms with Gasteiger partial charge in [0.05, 0.1) is 19.8 Å². The standard InChI is InChI=1S/C49H96N2O7.C43H86N2O6.C6H12O2/c1-7-13-17-20-23-28-33-45(32-27-18-14-8-2)44-57-48(53)37-31-25-22-21-24-30-35-46(34-29-19-15-9-3)58-49(54)56-43-41-51(39-38-50(11-5)12-6)40-42-55-47(52)36-26-16-10-4;1-6-11-14-17-20-24-29-40(28-23-15-12-7-2)39-50-42(47)32-27-22-19-18-21-26-31-41(30-25-16-13-8-3)51-43(48)49-38-36-45(35-37-46)34-33-44(9-4)10-5;1-2-3-4-5-6(7)8/h45-46H,7-44H2,1-6H3;40-41,46H,6-39H2,1-5H3;2-5H2,1H3,(H,7,8). The molecule has 2 N–H and O–H groups in total. The normalized spacial score (nSPS) is 12.4. The molecule has 19 heteroatoms. The van der Waals surface area contributed by atoms with Crippen LogP contribution >= 0.6 is 0 Å². The van der Waals surface area contributed by atoms with Crippen LogP contribution in [0.5, 0.6) is 0 Å². The molecule has 696 valence electrons. The van der Waals surface area contributed by atoms with Gasteiger partial charge in [-0.1, -0.05) is 327 Å². The van der Waals surface area contributed by atoms with Gasteiger partial charge >= 0.3 is 36.2 Å². The lowest BCUT2D eigenvalue weighted by atomic mass is 9.95. The second kappa shape index (κ2) is 94.5. The molecule has 0 amide bonds.